The van der Waals surface area contributed by atoms with Gasteiger partial charge in [0.25, 0.3) is 0 Å². The number of ether oxygens (including phenoxy) is 1. The van der Waals surface area contributed by atoms with Crippen molar-refractivity contribution in [3.63, 3.8) is 0 Å². The molecule has 0 spiro atoms. The summed E-state index contributed by atoms with van der Waals surface area (Å²) in [6.45, 7) is 7.95. The molecule has 1 aliphatic heterocycles. The molecule has 1 saturated carbocycles. The summed E-state index contributed by atoms with van der Waals surface area (Å²) in [7, 11) is 1.53. The van der Waals surface area contributed by atoms with Gasteiger partial charge in [0.2, 0.25) is 5.91 Å². The predicted molar refractivity (Wildman–Crippen MR) is 133 cm³/mol. The average molecular weight is 505 g/mol. The van der Waals surface area contributed by atoms with Gasteiger partial charge in [-0.3, -0.25) is 4.79 Å². The van der Waals surface area contributed by atoms with Crippen molar-refractivity contribution in [1.29, 1.82) is 0 Å². The molecular weight excluding hydrogens is 466 g/mol. The second-order valence-corrected chi connectivity index (χ2v) is 10.7. The Morgan fingerprint density at radius 1 is 1.28 bits per heavy atom. The van der Waals surface area contributed by atoms with Crippen LogP contribution in [0.4, 0.5) is 14.8 Å². The molecule has 1 aliphatic carbocycles. The van der Waals surface area contributed by atoms with Crippen molar-refractivity contribution in [2.45, 2.75) is 65.0 Å². The Morgan fingerprint density at radius 3 is 2.67 bits per heavy atom. The monoisotopic (exact) mass is 504 g/mol. The normalized spacial score (nSPS) is 21.0. The molecule has 36 heavy (non-hydrogen) atoms. The third-order valence-corrected chi connectivity index (χ3v) is 7.42. The van der Waals surface area contributed by atoms with Crippen LogP contribution in [0.2, 0.25) is 0 Å². The van der Waals surface area contributed by atoms with Crippen molar-refractivity contribution in [2.24, 2.45) is 17.8 Å². The van der Waals surface area contributed by atoms with Crippen molar-refractivity contribution in [3.05, 3.63) is 35.4 Å². The van der Waals surface area contributed by atoms with Crippen molar-refractivity contribution >= 4 is 11.9 Å². The first-order chi connectivity index (χ1) is 17.2. The van der Waals surface area contributed by atoms with Crippen LogP contribution in [-0.4, -0.2) is 60.4 Å². The third-order valence-electron chi connectivity index (χ3n) is 7.42. The van der Waals surface area contributed by atoms with Crippen LogP contribution in [0.25, 0.3) is 0 Å². The maximum absolute atomic E-state index is 14.5. The Bertz CT molecular complexity index is 1020. The molecule has 4 rings (SSSR count). The minimum atomic E-state index is -1.12. The lowest BCUT2D eigenvalue weighted by molar-refractivity contribution is -0.129. The molecule has 1 aromatic carbocycles. The average Bonchev–Trinajstić information content (AvgIpc) is 3.42. The molecule has 9 heteroatoms. The second-order valence-electron chi connectivity index (χ2n) is 10.7. The number of benzene rings is 1. The molecule has 198 valence electrons. The number of carbonyl (C=O) groups excluding carboxylic acids is 1. The van der Waals surface area contributed by atoms with Crippen LogP contribution in [0.5, 0.6) is 5.75 Å². The number of anilines is 1. The van der Waals surface area contributed by atoms with E-state index in [0.717, 1.165) is 44.1 Å². The highest BCUT2D eigenvalue weighted by Crippen LogP contribution is 2.50. The standard InChI is InChI=1S/C27H38F2N4O3/c1-17(2)26-30-27(36-31-26)33-10-7-19(8-11-33)23-13-20(23)9-12-35-22-6-5-21(24(29)15-22)14-25(34)32(4)16-18(3)28/h5-6,15,17-20,23H,7-14,16H2,1-4H3/t18?,20-,23-/m1/s1. The van der Waals surface area contributed by atoms with Gasteiger partial charge in [-0.25, -0.2) is 8.78 Å². The van der Waals surface area contributed by atoms with Crippen LogP contribution >= 0.6 is 0 Å². The molecule has 0 N–H and O–H groups in total. The molecule has 2 heterocycles. The Kier molecular flexibility index (Phi) is 8.46. The molecule has 7 nitrogen and oxygen atoms in total. The van der Waals surface area contributed by atoms with Crippen molar-refractivity contribution in [1.82, 2.24) is 15.0 Å². The summed E-state index contributed by atoms with van der Waals surface area (Å²) >= 11 is 0. The molecular formula is C27H38F2N4O3. The first-order valence-electron chi connectivity index (χ1n) is 13.1. The molecule has 3 atom stereocenters. The lowest BCUT2D eigenvalue weighted by Gasteiger charge is -2.30. The number of nitrogens with zero attached hydrogens (tertiary/aromatic N) is 4. The van der Waals surface area contributed by atoms with E-state index in [4.69, 9.17) is 9.26 Å². The number of hydrogen-bond acceptors (Lipinski definition) is 6. The van der Waals surface area contributed by atoms with E-state index in [1.165, 1.54) is 31.4 Å². The maximum atomic E-state index is 14.5. The third kappa shape index (κ3) is 6.73. The van der Waals surface area contributed by atoms with E-state index in [0.29, 0.717) is 35.8 Å². The van der Waals surface area contributed by atoms with Crippen LogP contribution in [-0.2, 0) is 11.2 Å². The van der Waals surface area contributed by atoms with Crippen LogP contribution in [0.1, 0.15) is 63.8 Å². The van der Waals surface area contributed by atoms with Gasteiger partial charge in [0.15, 0.2) is 5.82 Å². The van der Waals surface area contributed by atoms with Crippen LogP contribution < -0.4 is 9.64 Å². The second kappa shape index (κ2) is 11.6. The molecule has 2 aliphatic rings. The Morgan fingerprint density at radius 2 is 2.03 bits per heavy atom. The summed E-state index contributed by atoms with van der Waals surface area (Å²) in [6.07, 6.45) is 3.24. The molecule has 1 amide bonds. The minimum Gasteiger partial charge on any atom is -0.493 e. The fourth-order valence-corrected chi connectivity index (χ4v) is 5.15. The summed E-state index contributed by atoms with van der Waals surface area (Å²) in [5, 5.41) is 4.07. The topological polar surface area (TPSA) is 71.7 Å². The Hall–Kier alpha value is -2.71. The molecule has 0 bridgehead atoms. The van der Waals surface area contributed by atoms with E-state index in [1.807, 2.05) is 0 Å². The van der Waals surface area contributed by atoms with E-state index in [1.54, 1.807) is 12.1 Å². The first kappa shape index (κ1) is 26.4. The minimum absolute atomic E-state index is 0.000722. The largest absolute Gasteiger partial charge is 0.493 e. The molecule has 2 fully saturated rings. The molecule has 0 radical (unpaired) electrons. The quantitative estimate of drug-likeness (QED) is 0.428. The van der Waals surface area contributed by atoms with Gasteiger partial charge in [0.1, 0.15) is 17.7 Å². The summed E-state index contributed by atoms with van der Waals surface area (Å²) in [5.74, 6) is 2.82. The number of carbonyl (C=O) groups is 1. The number of aromatic nitrogens is 2. The summed E-state index contributed by atoms with van der Waals surface area (Å²) in [5.41, 5.74) is 0.292. The zero-order valence-electron chi connectivity index (χ0n) is 21.8. The number of halogens is 2. The summed E-state index contributed by atoms with van der Waals surface area (Å²) in [6, 6.07) is 5.26. The lowest BCUT2D eigenvalue weighted by atomic mass is 9.90. The first-order valence-corrected chi connectivity index (χ1v) is 13.1. The molecule has 1 unspecified atom stereocenters. The van der Waals surface area contributed by atoms with Crippen LogP contribution in [0.15, 0.2) is 22.7 Å². The van der Waals surface area contributed by atoms with Gasteiger partial charge in [-0.15, -0.1) is 0 Å². The highest BCUT2D eigenvalue weighted by Gasteiger charge is 2.43. The van der Waals surface area contributed by atoms with Gasteiger partial charge >= 0.3 is 6.01 Å². The fourth-order valence-electron chi connectivity index (χ4n) is 5.15. The highest BCUT2D eigenvalue weighted by atomic mass is 19.1. The summed E-state index contributed by atoms with van der Waals surface area (Å²) in [4.78, 5) is 20.2. The van der Waals surface area contributed by atoms with E-state index >= 15 is 0 Å². The number of piperidine rings is 1. The zero-order chi connectivity index (χ0) is 25.8. The van der Waals surface area contributed by atoms with Gasteiger partial charge < -0.3 is 19.1 Å². The van der Waals surface area contributed by atoms with Gasteiger partial charge in [-0.2, -0.15) is 4.98 Å². The SMILES string of the molecule is CC(F)CN(C)C(=O)Cc1ccc(OCC[C@@H]2C[C@@H]2C2CCN(c3nc(C(C)C)no3)CC2)cc1F. The number of likely N-dealkylation sites (N-methyl/N-ethyl adjacent to an activating group) is 1. The van der Waals surface area contributed by atoms with Gasteiger partial charge in [-0.05, 0) is 62.0 Å². The van der Waals surface area contributed by atoms with Crippen molar-refractivity contribution < 1.29 is 22.8 Å². The van der Waals surface area contributed by atoms with E-state index < -0.39 is 12.0 Å². The van der Waals surface area contributed by atoms with Gasteiger partial charge in [0.05, 0.1) is 19.6 Å². The molecule has 1 aromatic heterocycles. The molecule has 1 saturated heterocycles. The highest BCUT2D eigenvalue weighted by molar-refractivity contribution is 5.78. The number of alkyl halides is 1. The number of rotatable bonds is 11. The fraction of sp³-hybridized carbons (Fsp3) is 0.667. The maximum Gasteiger partial charge on any atom is 0.324 e. The van der Waals surface area contributed by atoms with Crippen molar-refractivity contribution in [3.8, 4) is 5.75 Å². The van der Waals surface area contributed by atoms with Crippen LogP contribution in [0.3, 0.4) is 0 Å². The van der Waals surface area contributed by atoms with Crippen molar-refractivity contribution in [2.75, 3.05) is 38.2 Å². The zero-order valence-corrected chi connectivity index (χ0v) is 21.8. The number of hydrogen-bond donors (Lipinski definition) is 0. The summed E-state index contributed by atoms with van der Waals surface area (Å²) < 4.78 is 38.8. The number of amides is 1. The Labute approximate surface area is 212 Å². The van der Waals surface area contributed by atoms with E-state index in [2.05, 4.69) is 28.9 Å². The van der Waals surface area contributed by atoms with Gasteiger partial charge in [-0.1, -0.05) is 25.1 Å². The van der Waals surface area contributed by atoms with Crippen LogP contribution in [0, 0.1) is 23.6 Å². The Balaban J connectivity index is 1.16. The smallest absolute Gasteiger partial charge is 0.324 e. The van der Waals surface area contributed by atoms with Gasteiger partial charge in [0, 0.05) is 32.1 Å². The van der Waals surface area contributed by atoms with E-state index in [-0.39, 0.29) is 24.8 Å². The van der Waals surface area contributed by atoms with E-state index in [9.17, 15) is 13.6 Å². The lowest BCUT2D eigenvalue weighted by Crippen LogP contribution is -2.34. The predicted octanol–water partition coefficient (Wildman–Crippen LogP) is 5.01. The molecule has 2 aromatic rings.